The predicted molar refractivity (Wildman–Crippen MR) is 133 cm³/mol. The van der Waals surface area contributed by atoms with E-state index in [1.54, 1.807) is 23.0 Å². The Morgan fingerprint density at radius 2 is 2.06 bits per heavy atom. The lowest BCUT2D eigenvalue weighted by atomic mass is 10.0. The topological polar surface area (TPSA) is 86.4 Å². The molecule has 0 radical (unpaired) electrons. The minimum absolute atomic E-state index is 0.0351. The van der Waals surface area contributed by atoms with Crippen LogP contribution in [0, 0.1) is 17.2 Å². The fraction of sp³-hybridized carbons (Fsp3) is 0.522. The molecule has 33 heavy (non-hydrogen) atoms. The quantitative estimate of drug-likeness (QED) is 0.586. The van der Waals surface area contributed by atoms with E-state index in [-0.39, 0.29) is 16.6 Å². The summed E-state index contributed by atoms with van der Waals surface area (Å²) in [5, 5.41) is 16.9. The van der Waals surface area contributed by atoms with E-state index in [4.69, 9.17) is 21.6 Å². The smallest absolute Gasteiger partial charge is 0.287 e. The monoisotopic (exact) mass is 488 g/mol. The molecule has 0 aliphatic carbocycles. The number of benzene rings is 1. The third-order valence-corrected chi connectivity index (χ3v) is 7.56. The second-order valence-corrected chi connectivity index (χ2v) is 10.1. The SMILES string of the molecule is CN(SN1CCC(n2ncc(NCC3CCCOC3)c(Cl)c2=O)CC1)c1ccc(C#N)cc1. The van der Waals surface area contributed by atoms with Gasteiger partial charge < -0.3 is 14.4 Å². The van der Waals surface area contributed by atoms with Crippen LogP contribution >= 0.6 is 23.7 Å². The van der Waals surface area contributed by atoms with Crippen LogP contribution in [-0.4, -0.2) is 54.0 Å². The molecule has 2 aromatic rings. The van der Waals surface area contributed by atoms with Crippen molar-refractivity contribution in [3.8, 4) is 6.07 Å². The van der Waals surface area contributed by atoms with Crippen molar-refractivity contribution in [3.05, 3.63) is 51.4 Å². The molecule has 0 amide bonds. The van der Waals surface area contributed by atoms with E-state index in [9.17, 15) is 4.79 Å². The van der Waals surface area contributed by atoms with Crippen LogP contribution in [0.2, 0.25) is 5.02 Å². The highest BCUT2D eigenvalue weighted by atomic mass is 35.5. The molecule has 0 saturated carbocycles. The van der Waals surface area contributed by atoms with E-state index < -0.39 is 0 Å². The van der Waals surface area contributed by atoms with Crippen LogP contribution in [0.15, 0.2) is 35.3 Å². The number of halogens is 1. The van der Waals surface area contributed by atoms with Gasteiger partial charge in [0.25, 0.3) is 5.56 Å². The number of aromatic nitrogens is 2. The fourth-order valence-corrected chi connectivity index (χ4v) is 5.32. The molecule has 2 saturated heterocycles. The van der Waals surface area contributed by atoms with Crippen LogP contribution in [0.3, 0.4) is 0 Å². The van der Waals surface area contributed by atoms with Crippen molar-refractivity contribution in [1.29, 1.82) is 5.26 Å². The zero-order valence-electron chi connectivity index (χ0n) is 18.7. The number of rotatable bonds is 7. The summed E-state index contributed by atoms with van der Waals surface area (Å²) in [5.74, 6) is 0.432. The summed E-state index contributed by atoms with van der Waals surface area (Å²) in [6, 6.07) is 9.71. The van der Waals surface area contributed by atoms with Gasteiger partial charge in [0.1, 0.15) is 5.02 Å². The highest BCUT2D eigenvalue weighted by Crippen LogP contribution is 2.30. The molecule has 2 aliphatic heterocycles. The first-order valence-corrected chi connectivity index (χ1v) is 12.4. The van der Waals surface area contributed by atoms with Gasteiger partial charge >= 0.3 is 0 Å². The van der Waals surface area contributed by atoms with Gasteiger partial charge in [0.2, 0.25) is 0 Å². The van der Waals surface area contributed by atoms with Crippen molar-refractivity contribution in [2.75, 3.05) is 49.5 Å². The molecule has 1 unspecified atom stereocenters. The predicted octanol–water partition coefficient (Wildman–Crippen LogP) is 3.94. The third kappa shape index (κ3) is 6.01. The lowest BCUT2D eigenvalue weighted by molar-refractivity contribution is 0.0595. The first-order valence-electron chi connectivity index (χ1n) is 11.3. The van der Waals surface area contributed by atoms with E-state index >= 15 is 0 Å². The largest absolute Gasteiger partial charge is 0.382 e. The van der Waals surface area contributed by atoms with Gasteiger partial charge in [0, 0.05) is 51.1 Å². The number of nitrogens with one attached hydrogen (secondary N) is 1. The van der Waals surface area contributed by atoms with E-state index in [1.165, 1.54) is 0 Å². The normalized spacial score (nSPS) is 19.7. The first kappa shape index (κ1) is 23.9. The molecule has 10 heteroatoms. The van der Waals surface area contributed by atoms with Gasteiger partial charge in [-0.25, -0.2) is 8.99 Å². The number of hydrogen-bond donors (Lipinski definition) is 1. The number of hydrogen-bond acceptors (Lipinski definition) is 8. The average molecular weight is 489 g/mol. The van der Waals surface area contributed by atoms with Gasteiger partial charge in [0.15, 0.2) is 0 Å². The Bertz CT molecular complexity index is 1030. The molecule has 2 aliphatic rings. The summed E-state index contributed by atoms with van der Waals surface area (Å²) in [5.41, 5.74) is 2.05. The Balaban J connectivity index is 1.31. The molecule has 4 rings (SSSR count). The van der Waals surface area contributed by atoms with Gasteiger partial charge in [-0.1, -0.05) is 11.6 Å². The van der Waals surface area contributed by atoms with E-state index in [0.717, 1.165) is 64.2 Å². The molecule has 0 bridgehead atoms. The minimum Gasteiger partial charge on any atom is -0.382 e. The number of nitriles is 1. The average Bonchev–Trinajstić information content (AvgIpc) is 2.86. The zero-order chi connectivity index (χ0) is 23.2. The molecule has 3 heterocycles. The lowest BCUT2D eigenvalue weighted by Crippen LogP contribution is -2.37. The molecule has 176 valence electrons. The number of nitrogens with zero attached hydrogens (tertiary/aromatic N) is 5. The van der Waals surface area contributed by atoms with Crippen molar-refractivity contribution in [3.63, 3.8) is 0 Å². The van der Waals surface area contributed by atoms with Gasteiger partial charge in [0.05, 0.1) is 36.2 Å². The van der Waals surface area contributed by atoms with Gasteiger partial charge in [-0.2, -0.15) is 10.4 Å². The van der Waals surface area contributed by atoms with E-state index in [2.05, 4.69) is 25.1 Å². The van der Waals surface area contributed by atoms with Crippen molar-refractivity contribution in [2.24, 2.45) is 5.92 Å². The molecule has 2 fully saturated rings. The number of anilines is 2. The summed E-state index contributed by atoms with van der Waals surface area (Å²) in [4.78, 5) is 12.9. The zero-order valence-corrected chi connectivity index (χ0v) is 20.3. The Morgan fingerprint density at radius 3 is 2.73 bits per heavy atom. The second-order valence-electron chi connectivity index (χ2n) is 8.48. The maximum atomic E-state index is 12.9. The van der Waals surface area contributed by atoms with Crippen molar-refractivity contribution in [2.45, 2.75) is 31.7 Å². The van der Waals surface area contributed by atoms with Gasteiger partial charge in [-0.05, 0) is 55.9 Å². The van der Waals surface area contributed by atoms with Gasteiger partial charge in [-0.3, -0.25) is 4.79 Å². The van der Waals surface area contributed by atoms with Crippen LogP contribution in [0.5, 0.6) is 0 Å². The first-order chi connectivity index (χ1) is 16.0. The Labute approximate surface area is 203 Å². The van der Waals surface area contributed by atoms with Crippen molar-refractivity contribution >= 4 is 35.1 Å². The molecular weight excluding hydrogens is 460 g/mol. The molecular formula is C23H29ClN6O2S. The highest BCUT2D eigenvalue weighted by Gasteiger charge is 2.25. The van der Waals surface area contributed by atoms with Crippen molar-refractivity contribution < 1.29 is 4.74 Å². The molecule has 1 aromatic carbocycles. The van der Waals surface area contributed by atoms with E-state index in [1.807, 2.05) is 31.3 Å². The summed E-state index contributed by atoms with van der Waals surface area (Å²) in [6.07, 6.45) is 5.51. The number of ether oxygens (including phenoxy) is 1. The summed E-state index contributed by atoms with van der Waals surface area (Å²) >= 11 is 8.06. The maximum absolute atomic E-state index is 12.9. The van der Waals surface area contributed by atoms with E-state index in [0.29, 0.717) is 17.2 Å². The summed E-state index contributed by atoms with van der Waals surface area (Å²) in [6.45, 7) is 3.98. The second kappa shape index (κ2) is 11.3. The third-order valence-electron chi connectivity index (χ3n) is 6.15. The van der Waals surface area contributed by atoms with Gasteiger partial charge in [-0.15, -0.1) is 0 Å². The van der Waals surface area contributed by atoms with Crippen LogP contribution in [-0.2, 0) is 4.74 Å². The summed E-state index contributed by atoms with van der Waals surface area (Å²) in [7, 11) is 2.01. The minimum atomic E-state index is -0.234. The van der Waals surface area contributed by atoms with Crippen LogP contribution in [0.4, 0.5) is 11.4 Å². The Kier molecular flexibility index (Phi) is 8.15. The molecule has 1 aromatic heterocycles. The Hall–Kier alpha value is -2.25. The Morgan fingerprint density at radius 1 is 1.30 bits per heavy atom. The summed E-state index contributed by atoms with van der Waals surface area (Å²) < 4.78 is 11.4. The maximum Gasteiger partial charge on any atom is 0.287 e. The fourth-order valence-electron chi connectivity index (χ4n) is 4.19. The van der Waals surface area contributed by atoms with Crippen LogP contribution in [0.1, 0.15) is 37.3 Å². The van der Waals surface area contributed by atoms with Crippen LogP contribution < -0.4 is 15.2 Å². The van der Waals surface area contributed by atoms with Crippen molar-refractivity contribution in [1.82, 2.24) is 14.1 Å². The molecule has 1 atom stereocenters. The lowest BCUT2D eigenvalue weighted by Gasteiger charge is -2.33. The molecule has 1 N–H and O–H groups in total. The molecule has 0 spiro atoms. The van der Waals surface area contributed by atoms with Crippen LogP contribution in [0.25, 0.3) is 0 Å². The number of piperidine rings is 1. The molecule has 8 nitrogen and oxygen atoms in total. The highest BCUT2D eigenvalue weighted by molar-refractivity contribution is 7.98. The standard InChI is InChI=1S/C23H29ClN6O2S/c1-28(19-6-4-17(13-25)5-7-19)33-29-10-8-20(9-11-29)30-23(31)22(24)21(15-27-30)26-14-18-3-2-12-32-16-18/h4-7,15,18,20,26H,2-3,8-12,14,16H2,1H3.